The van der Waals surface area contributed by atoms with E-state index < -0.39 is 34.2 Å². The highest BCUT2D eigenvalue weighted by atomic mass is 79.9. The highest BCUT2D eigenvalue weighted by Gasteiger charge is 2.71. The number of aliphatic hydroxyl groups is 5. The van der Waals surface area contributed by atoms with E-state index in [2.05, 4.69) is 20.9 Å². The first-order chi connectivity index (χ1) is 10.7. The van der Waals surface area contributed by atoms with Gasteiger partial charge in [0.25, 0.3) is 0 Å². The van der Waals surface area contributed by atoms with Crippen LogP contribution in [0.15, 0.2) is 30.3 Å². The van der Waals surface area contributed by atoms with E-state index in [0.717, 1.165) is 0 Å². The molecule has 1 fully saturated rings. The van der Waals surface area contributed by atoms with Crippen LogP contribution in [0, 0.1) is 0 Å². The van der Waals surface area contributed by atoms with E-state index in [1.807, 2.05) is 0 Å². The van der Waals surface area contributed by atoms with Gasteiger partial charge in [-0.15, -0.1) is 0 Å². The molecule has 1 aromatic carbocycles. The number of aromatic amines is 1. The number of aromatic nitrogens is 1. The molecule has 2 aromatic rings. The first-order valence-corrected chi connectivity index (χ1v) is 7.90. The van der Waals surface area contributed by atoms with Gasteiger partial charge in [0, 0.05) is 5.52 Å². The zero-order valence-electron chi connectivity index (χ0n) is 11.6. The number of nitrogens with one attached hydrogen (secondary N) is 1. The quantitative estimate of drug-likeness (QED) is 0.391. The lowest BCUT2D eigenvalue weighted by molar-refractivity contribution is -0.349. The summed E-state index contributed by atoms with van der Waals surface area (Å²) in [5, 5.41) is 49.3. The number of fused-ring (bicyclic) bond motifs is 1. The fraction of sp³-hybridized carbons (Fsp3) is 0.429. The maximum Gasteiger partial charge on any atom is 0.217 e. The third-order valence-electron chi connectivity index (χ3n) is 4.15. The van der Waals surface area contributed by atoms with Gasteiger partial charge in [-0.2, -0.15) is 0 Å². The molecule has 23 heavy (non-hydrogen) atoms. The molecule has 5 atom stereocenters. The van der Waals surface area contributed by atoms with Crippen molar-refractivity contribution in [1.82, 2.24) is 4.98 Å². The van der Waals surface area contributed by atoms with Crippen molar-refractivity contribution < 1.29 is 30.3 Å². The molecule has 2 heterocycles. The summed E-state index contributed by atoms with van der Waals surface area (Å²) in [6, 6.07) is 8.49. The number of benzene rings is 1. The first kappa shape index (κ1) is 17.1. The molecule has 6 N–H and O–H groups in total. The van der Waals surface area contributed by atoms with E-state index >= 15 is 0 Å². The Morgan fingerprint density at radius 3 is 2.52 bits per heavy atom. The fourth-order valence-corrected chi connectivity index (χ4v) is 3.59. The van der Waals surface area contributed by atoms with Crippen LogP contribution >= 0.6 is 27.5 Å². The van der Waals surface area contributed by atoms with E-state index in [-0.39, 0.29) is 5.69 Å². The van der Waals surface area contributed by atoms with Crippen molar-refractivity contribution in [2.24, 2.45) is 0 Å². The maximum absolute atomic E-state index is 11.0. The highest BCUT2D eigenvalue weighted by molar-refractivity contribution is 9.10. The van der Waals surface area contributed by atoms with Gasteiger partial charge in [-0.3, -0.25) is 0 Å². The minimum Gasteiger partial charge on any atom is -0.392 e. The lowest BCUT2D eigenvalue weighted by atomic mass is 9.80. The Morgan fingerprint density at radius 2 is 1.91 bits per heavy atom. The van der Waals surface area contributed by atoms with Crippen molar-refractivity contribution in [2.45, 2.75) is 27.6 Å². The van der Waals surface area contributed by atoms with Crippen LogP contribution in [0.5, 0.6) is 0 Å². The summed E-state index contributed by atoms with van der Waals surface area (Å²) < 4.78 is 2.85. The van der Waals surface area contributed by atoms with Crippen LogP contribution < -0.4 is 0 Å². The minimum atomic E-state index is -2.70. The molecule has 126 valence electrons. The topological polar surface area (TPSA) is 126 Å². The maximum atomic E-state index is 11.0. The predicted octanol–water partition coefficient (Wildman–Crippen LogP) is 0.0759. The van der Waals surface area contributed by atoms with E-state index in [9.17, 15) is 25.5 Å². The molecule has 1 aromatic heterocycles. The molecule has 1 aliphatic rings. The van der Waals surface area contributed by atoms with Crippen LogP contribution in [-0.4, -0.2) is 59.1 Å². The number of ether oxygens (including phenoxy) is 1. The second-order valence-corrected chi connectivity index (χ2v) is 7.33. The Labute approximate surface area is 144 Å². The first-order valence-electron chi connectivity index (χ1n) is 6.73. The van der Waals surface area contributed by atoms with Crippen molar-refractivity contribution >= 4 is 38.4 Å². The second-order valence-electron chi connectivity index (χ2n) is 5.50. The third kappa shape index (κ3) is 2.18. The zero-order valence-corrected chi connectivity index (χ0v) is 14.0. The summed E-state index contributed by atoms with van der Waals surface area (Å²) in [4.78, 5) is 2.85. The SMILES string of the molecule is OC[C@@]1(Br)O[C@@H](O)[C@H](O)[C@](O)(c2cc3ccccc3[nH]2)[C@]1(O)Cl. The number of para-hydroxylation sites is 1. The standard InChI is InChI=1S/C14H15BrClNO6/c15-12(6-18)14(16,22)13(21,10(19)11(20)23-12)9-5-7-3-1-2-4-8(7)17-9/h1-5,10-11,17-22H,6H2/t10-,11+,12+,13+,14-/m0/s1. The summed E-state index contributed by atoms with van der Waals surface area (Å²) >= 11 is 8.99. The molecule has 3 rings (SSSR count). The Balaban J connectivity index is 2.22. The molecular formula is C14H15BrClNO6. The predicted molar refractivity (Wildman–Crippen MR) is 84.8 cm³/mol. The largest absolute Gasteiger partial charge is 0.392 e. The number of hydrogen-bond acceptors (Lipinski definition) is 6. The van der Waals surface area contributed by atoms with Crippen molar-refractivity contribution in [3.8, 4) is 0 Å². The van der Waals surface area contributed by atoms with Crippen LogP contribution in [0.4, 0.5) is 0 Å². The molecule has 0 aliphatic carbocycles. The van der Waals surface area contributed by atoms with Crippen molar-refractivity contribution in [3.63, 3.8) is 0 Å². The van der Waals surface area contributed by atoms with Crippen LogP contribution in [0.3, 0.4) is 0 Å². The Hall–Kier alpha value is -0.710. The molecule has 7 nitrogen and oxygen atoms in total. The summed E-state index contributed by atoms with van der Waals surface area (Å²) in [6.45, 7) is -0.876. The average molecular weight is 409 g/mol. The van der Waals surface area contributed by atoms with Crippen LogP contribution in [0.25, 0.3) is 10.9 Å². The number of aliphatic hydroxyl groups excluding tert-OH is 3. The number of halogens is 2. The highest BCUT2D eigenvalue weighted by Crippen LogP contribution is 2.54. The number of hydrogen-bond donors (Lipinski definition) is 6. The number of alkyl halides is 2. The monoisotopic (exact) mass is 407 g/mol. The smallest absolute Gasteiger partial charge is 0.217 e. The van der Waals surface area contributed by atoms with Gasteiger partial charge in [-0.05, 0) is 33.4 Å². The molecule has 0 spiro atoms. The molecule has 0 unspecified atom stereocenters. The van der Waals surface area contributed by atoms with Gasteiger partial charge in [0.1, 0.15) is 6.10 Å². The Morgan fingerprint density at radius 1 is 1.26 bits per heavy atom. The van der Waals surface area contributed by atoms with E-state index in [1.165, 1.54) is 6.07 Å². The van der Waals surface area contributed by atoms with Crippen molar-refractivity contribution in [1.29, 1.82) is 0 Å². The molecule has 0 saturated carbocycles. The van der Waals surface area contributed by atoms with Crippen molar-refractivity contribution in [3.05, 3.63) is 36.0 Å². The van der Waals surface area contributed by atoms with Crippen LogP contribution in [0.2, 0.25) is 0 Å². The van der Waals surface area contributed by atoms with Crippen LogP contribution in [-0.2, 0) is 10.3 Å². The van der Waals surface area contributed by atoms with Gasteiger partial charge in [0.15, 0.2) is 16.4 Å². The molecule has 9 heteroatoms. The molecular weight excluding hydrogens is 394 g/mol. The molecule has 1 saturated heterocycles. The number of H-pyrrole nitrogens is 1. The van der Waals surface area contributed by atoms with E-state index in [0.29, 0.717) is 10.9 Å². The van der Waals surface area contributed by atoms with Crippen LogP contribution in [0.1, 0.15) is 5.69 Å². The minimum absolute atomic E-state index is 0.0386. The fourth-order valence-electron chi connectivity index (χ4n) is 2.78. The summed E-state index contributed by atoms with van der Waals surface area (Å²) in [6.07, 6.45) is -3.88. The lowest BCUT2D eigenvalue weighted by Crippen LogP contribution is -2.74. The Bertz CT molecular complexity index is 706. The normalized spacial score (nSPS) is 41.3. The molecule has 1 aliphatic heterocycles. The van der Waals surface area contributed by atoms with Gasteiger partial charge in [-0.1, -0.05) is 29.8 Å². The Kier molecular flexibility index (Phi) is 4.02. The molecule has 0 radical (unpaired) electrons. The van der Waals surface area contributed by atoms with Gasteiger partial charge in [-0.25, -0.2) is 0 Å². The lowest BCUT2D eigenvalue weighted by Gasteiger charge is -2.54. The third-order valence-corrected chi connectivity index (χ3v) is 5.98. The summed E-state index contributed by atoms with van der Waals surface area (Å²) in [5.41, 5.74) is -1.97. The summed E-state index contributed by atoms with van der Waals surface area (Å²) in [5.74, 6) is 0. The molecule has 0 bridgehead atoms. The van der Waals surface area contributed by atoms with E-state index in [1.54, 1.807) is 24.3 Å². The van der Waals surface area contributed by atoms with Gasteiger partial charge in [0.05, 0.1) is 12.3 Å². The average Bonchev–Trinajstić information content (AvgIpc) is 2.96. The molecule has 0 amide bonds. The summed E-state index contributed by atoms with van der Waals surface area (Å²) in [7, 11) is 0. The van der Waals surface area contributed by atoms with E-state index in [4.69, 9.17) is 16.3 Å². The van der Waals surface area contributed by atoms with Gasteiger partial charge < -0.3 is 35.3 Å². The van der Waals surface area contributed by atoms with Crippen molar-refractivity contribution in [2.75, 3.05) is 6.61 Å². The number of rotatable bonds is 2. The van der Waals surface area contributed by atoms with Gasteiger partial charge >= 0.3 is 0 Å². The second kappa shape index (κ2) is 5.40. The zero-order chi connectivity index (χ0) is 17.0. The van der Waals surface area contributed by atoms with Gasteiger partial charge in [0.2, 0.25) is 5.06 Å².